The Hall–Kier alpha value is -2.11. The van der Waals surface area contributed by atoms with Gasteiger partial charge in [-0.05, 0) is 31.4 Å². The third kappa shape index (κ3) is 2.33. The summed E-state index contributed by atoms with van der Waals surface area (Å²) in [5.41, 5.74) is 1.79. The van der Waals surface area contributed by atoms with Gasteiger partial charge in [-0.2, -0.15) is 10.2 Å². The first-order chi connectivity index (χ1) is 9.65. The van der Waals surface area contributed by atoms with Crippen molar-refractivity contribution < 1.29 is 4.79 Å². The standard InChI is InChI=1S/C14H19N5O/c1-11-8-16-18(9-11)10-12-4-3-7-19(12)14(20)13-5-6-15-17(13)2/h5-6,8-9,12H,3-4,7,10H2,1-2H3. The van der Waals surface area contributed by atoms with Gasteiger partial charge in [0.15, 0.2) is 0 Å². The van der Waals surface area contributed by atoms with Crippen molar-refractivity contribution in [1.82, 2.24) is 24.5 Å². The monoisotopic (exact) mass is 273 g/mol. The molecular weight excluding hydrogens is 254 g/mol. The number of nitrogens with zero attached hydrogens (tertiary/aromatic N) is 5. The lowest BCUT2D eigenvalue weighted by molar-refractivity contribution is 0.0710. The minimum Gasteiger partial charge on any atom is -0.332 e. The number of aryl methyl sites for hydroxylation is 2. The van der Waals surface area contributed by atoms with E-state index in [9.17, 15) is 4.79 Å². The van der Waals surface area contributed by atoms with Gasteiger partial charge in [0.05, 0.1) is 18.8 Å². The number of hydrogen-bond donors (Lipinski definition) is 0. The quantitative estimate of drug-likeness (QED) is 0.845. The lowest BCUT2D eigenvalue weighted by atomic mass is 10.2. The highest BCUT2D eigenvalue weighted by Crippen LogP contribution is 2.21. The van der Waals surface area contributed by atoms with Crippen molar-refractivity contribution in [2.75, 3.05) is 6.54 Å². The molecule has 0 radical (unpaired) electrons. The summed E-state index contributed by atoms with van der Waals surface area (Å²) in [4.78, 5) is 14.5. The van der Waals surface area contributed by atoms with Crippen LogP contribution in [0.5, 0.6) is 0 Å². The van der Waals surface area contributed by atoms with Gasteiger partial charge in [-0.1, -0.05) is 0 Å². The molecule has 106 valence electrons. The van der Waals surface area contributed by atoms with Crippen molar-refractivity contribution >= 4 is 5.91 Å². The molecule has 3 rings (SSSR count). The van der Waals surface area contributed by atoms with Crippen LogP contribution in [0.3, 0.4) is 0 Å². The first-order valence-electron chi connectivity index (χ1n) is 6.93. The summed E-state index contributed by atoms with van der Waals surface area (Å²) < 4.78 is 3.56. The van der Waals surface area contributed by atoms with Crippen LogP contribution in [-0.4, -0.2) is 43.0 Å². The third-order valence-electron chi connectivity index (χ3n) is 3.84. The molecule has 0 N–H and O–H groups in total. The van der Waals surface area contributed by atoms with E-state index in [1.807, 2.05) is 28.9 Å². The first kappa shape index (κ1) is 12.9. The molecule has 0 bridgehead atoms. The van der Waals surface area contributed by atoms with E-state index in [1.54, 1.807) is 24.0 Å². The lowest BCUT2D eigenvalue weighted by Gasteiger charge is -2.24. The molecule has 1 atom stereocenters. The van der Waals surface area contributed by atoms with Crippen LogP contribution < -0.4 is 0 Å². The SMILES string of the molecule is Cc1cnn(CC2CCCN2C(=O)c2ccnn2C)c1. The van der Waals surface area contributed by atoms with E-state index in [4.69, 9.17) is 0 Å². The molecule has 20 heavy (non-hydrogen) atoms. The number of amides is 1. The number of rotatable bonds is 3. The van der Waals surface area contributed by atoms with Gasteiger partial charge < -0.3 is 4.90 Å². The van der Waals surface area contributed by atoms with Gasteiger partial charge in [0, 0.05) is 26.0 Å². The molecule has 0 saturated carbocycles. The zero-order chi connectivity index (χ0) is 14.1. The van der Waals surface area contributed by atoms with Crippen LogP contribution in [0.4, 0.5) is 0 Å². The van der Waals surface area contributed by atoms with Crippen molar-refractivity contribution in [1.29, 1.82) is 0 Å². The van der Waals surface area contributed by atoms with E-state index < -0.39 is 0 Å². The molecule has 6 heteroatoms. The van der Waals surface area contributed by atoms with Gasteiger partial charge in [-0.25, -0.2) is 0 Å². The highest BCUT2D eigenvalue weighted by atomic mass is 16.2. The average molecular weight is 273 g/mol. The zero-order valence-corrected chi connectivity index (χ0v) is 11.9. The van der Waals surface area contributed by atoms with Crippen molar-refractivity contribution in [3.63, 3.8) is 0 Å². The fourth-order valence-electron chi connectivity index (χ4n) is 2.81. The summed E-state index contributed by atoms with van der Waals surface area (Å²) in [5, 5.41) is 8.39. The predicted molar refractivity (Wildman–Crippen MR) is 74.2 cm³/mol. The van der Waals surface area contributed by atoms with Gasteiger partial charge in [0.1, 0.15) is 5.69 Å². The Morgan fingerprint density at radius 1 is 1.45 bits per heavy atom. The second kappa shape index (κ2) is 5.11. The maximum atomic E-state index is 12.6. The Morgan fingerprint density at radius 2 is 2.30 bits per heavy atom. The van der Waals surface area contributed by atoms with Crippen molar-refractivity contribution in [3.05, 3.63) is 35.9 Å². The maximum Gasteiger partial charge on any atom is 0.272 e. The van der Waals surface area contributed by atoms with E-state index in [-0.39, 0.29) is 11.9 Å². The molecule has 2 aromatic heterocycles. The normalized spacial score (nSPS) is 18.7. The van der Waals surface area contributed by atoms with Crippen LogP contribution >= 0.6 is 0 Å². The van der Waals surface area contributed by atoms with Gasteiger partial charge in [0.2, 0.25) is 0 Å². The zero-order valence-electron chi connectivity index (χ0n) is 11.9. The topological polar surface area (TPSA) is 56.0 Å². The van der Waals surface area contributed by atoms with Crippen molar-refractivity contribution in [2.24, 2.45) is 7.05 Å². The molecular formula is C14H19N5O. The number of likely N-dealkylation sites (tertiary alicyclic amines) is 1. The van der Waals surface area contributed by atoms with E-state index >= 15 is 0 Å². The molecule has 6 nitrogen and oxygen atoms in total. The van der Waals surface area contributed by atoms with E-state index in [0.717, 1.165) is 31.5 Å². The van der Waals surface area contributed by atoms with E-state index in [2.05, 4.69) is 10.2 Å². The third-order valence-corrected chi connectivity index (χ3v) is 3.84. The molecule has 2 aromatic rings. The van der Waals surface area contributed by atoms with E-state index in [0.29, 0.717) is 5.69 Å². The van der Waals surface area contributed by atoms with Crippen LogP contribution in [-0.2, 0) is 13.6 Å². The molecule has 0 aromatic carbocycles. The predicted octanol–water partition coefficient (Wildman–Crippen LogP) is 1.23. The summed E-state index contributed by atoms with van der Waals surface area (Å²) in [7, 11) is 1.80. The van der Waals surface area contributed by atoms with Gasteiger partial charge >= 0.3 is 0 Å². The van der Waals surface area contributed by atoms with Crippen molar-refractivity contribution in [3.8, 4) is 0 Å². The molecule has 0 aliphatic carbocycles. The fraction of sp³-hybridized carbons (Fsp3) is 0.500. The molecule has 0 spiro atoms. The average Bonchev–Trinajstić information content (AvgIpc) is 3.11. The van der Waals surface area contributed by atoms with E-state index in [1.165, 1.54) is 0 Å². The van der Waals surface area contributed by atoms with Crippen LogP contribution in [0.2, 0.25) is 0 Å². The van der Waals surface area contributed by atoms with Crippen LogP contribution in [0, 0.1) is 6.92 Å². The number of aromatic nitrogens is 4. The number of hydrogen-bond acceptors (Lipinski definition) is 3. The molecule has 1 aliphatic heterocycles. The van der Waals surface area contributed by atoms with Crippen LogP contribution in [0.15, 0.2) is 24.7 Å². The minimum absolute atomic E-state index is 0.0661. The Morgan fingerprint density at radius 3 is 2.95 bits per heavy atom. The molecule has 1 fully saturated rings. The summed E-state index contributed by atoms with van der Waals surface area (Å²) in [6.45, 7) is 3.60. The number of carbonyl (C=O) groups is 1. The molecule has 1 unspecified atom stereocenters. The summed E-state index contributed by atoms with van der Waals surface area (Å²) in [6, 6.07) is 1.99. The van der Waals surface area contributed by atoms with Gasteiger partial charge in [0.25, 0.3) is 5.91 Å². The summed E-state index contributed by atoms with van der Waals surface area (Å²) in [5.74, 6) is 0.0661. The Bertz CT molecular complexity index is 615. The lowest BCUT2D eigenvalue weighted by Crippen LogP contribution is -2.39. The summed E-state index contributed by atoms with van der Waals surface area (Å²) >= 11 is 0. The summed E-state index contributed by atoms with van der Waals surface area (Å²) in [6.07, 6.45) is 7.61. The minimum atomic E-state index is 0.0661. The smallest absolute Gasteiger partial charge is 0.272 e. The number of carbonyl (C=O) groups excluding carboxylic acids is 1. The highest BCUT2D eigenvalue weighted by Gasteiger charge is 2.30. The Balaban J connectivity index is 1.75. The first-order valence-corrected chi connectivity index (χ1v) is 6.93. The second-order valence-electron chi connectivity index (χ2n) is 5.37. The molecule has 3 heterocycles. The Kier molecular flexibility index (Phi) is 3.30. The second-order valence-corrected chi connectivity index (χ2v) is 5.37. The van der Waals surface area contributed by atoms with Crippen LogP contribution in [0.1, 0.15) is 28.9 Å². The van der Waals surface area contributed by atoms with Crippen molar-refractivity contribution in [2.45, 2.75) is 32.4 Å². The molecule has 1 aliphatic rings. The largest absolute Gasteiger partial charge is 0.332 e. The molecule has 1 amide bonds. The van der Waals surface area contributed by atoms with Gasteiger partial charge in [-0.3, -0.25) is 14.2 Å². The van der Waals surface area contributed by atoms with Crippen LogP contribution in [0.25, 0.3) is 0 Å². The maximum absolute atomic E-state index is 12.6. The fourth-order valence-corrected chi connectivity index (χ4v) is 2.81. The highest BCUT2D eigenvalue weighted by molar-refractivity contribution is 5.92. The molecule has 1 saturated heterocycles. The Labute approximate surface area is 118 Å². The van der Waals surface area contributed by atoms with Gasteiger partial charge in [-0.15, -0.1) is 0 Å².